The van der Waals surface area contributed by atoms with E-state index in [0.717, 1.165) is 21.6 Å². The van der Waals surface area contributed by atoms with Crippen LogP contribution >= 0.6 is 22.9 Å². The third-order valence-electron chi connectivity index (χ3n) is 7.04. The van der Waals surface area contributed by atoms with Gasteiger partial charge in [-0.3, -0.25) is 9.69 Å². The zero-order valence-corrected chi connectivity index (χ0v) is 21.3. The van der Waals surface area contributed by atoms with Gasteiger partial charge in [-0.1, -0.05) is 48.0 Å². The maximum atomic E-state index is 14.5. The van der Waals surface area contributed by atoms with Crippen molar-refractivity contribution in [3.8, 4) is 0 Å². The molecule has 0 saturated carbocycles. The molecule has 0 radical (unpaired) electrons. The van der Waals surface area contributed by atoms with Crippen molar-refractivity contribution in [1.82, 2.24) is 14.9 Å². The fourth-order valence-corrected chi connectivity index (χ4v) is 5.84. The maximum Gasteiger partial charge on any atom is 0.310 e. The molecule has 3 heterocycles. The lowest BCUT2D eigenvalue weighted by Crippen LogP contribution is -2.49. The van der Waals surface area contributed by atoms with Crippen molar-refractivity contribution in [2.75, 3.05) is 11.9 Å². The molecule has 186 valence electrons. The quantitative estimate of drug-likeness (QED) is 0.286. The number of aromatic nitrogens is 2. The highest BCUT2D eigenvalue weighted by Crippen LogP contribution is 2.40. The fourth-order valence-electron chi connectivity index (χ4n) is 5.11. The van der Waals surface area contributed by atoms with Crippen molar-refractivity contribution < 1.29 is 14.3 Å². The van der Waals surface area contributed by atoms with Gasteiger partial charge in [-0.25, -0.2) is 14.4 Å². The molecule has 0 spiro atoms. The zero-order chi connectivity index (χ0) is 25.3. The molecule has 5 rings (SSSR count). The summed E-state index contributed by atoms with van der Waals surface area (Å²) in [5.41, 5.74) is 0.292. The lowest BCUT2D eigenvalue weighted by atomic mass is 9.72. The molecule has 2 N–H and O–H groups in total. The number of carboxylic acid groups (broad SMARTS) is 1. The van der Waals surface area contributed by atoms with Gasteiger partial charge in [0.05, 0.1) is 16.1 Å². The van der Waals surface area contributed by atoms with Crippen LogP contribution in [0.3, 0.4) is 0 Å². The van der Waals surface area contributed by atoms with E-state index in [1.165, 1.54) is 17.4 Å². The summed E-state index contributed by atoms with van der Waals surface area (Å²) in [4.78, 5) is 24.0. The highest BCUT2D eigenvalue weighted by molar-refractivity contribution is 7.13. The second kappa shape index (κ2) is 10.1. The molecule has 1 aliphatic rings. The molecule has 0 bridgehead atoms. The van der Waals surface area contributed by atoms with Gasteiger partial charge < -0.3 is 10.4 Å². The molecular formula is C27H26ClFN4O2S. The maximum absolute atomic E-state index is 14.5. The monoisotopic (exact) mass is 524 g/mol. The number of fused-ring (bicyclic) bond motifs is 1. The number of hydrogen-bond acceptors (Lipinski definition) is 6. The van der Waals surface area contributed by atoms with Gasteiger partial charge in [0.15, 0.2) is 5.13 Å². The van der Waals surface area contributed by atoms with Gasteiger partial charge in [-0.15, -0.1) is 11.3 Å². The van der Waals surface area contributed by atoms with E-state index in [1.54, 1.807) is 18.3 Å². The van der Waals surface area contributed by atoms with E-state index in [2.05, 4.69) is 15.2 Å². The Kier molecular flexibility index (Phi) is 6.92. The number of piperidine rings is 1. The Balaban J connectivity index is 1.42. The van der Waals surface area contributed by atoms with Crippen molar-refractivity contribution in [2.45, 2.75) is 38.8 Å². The molecule has 0 unspecified atom stereocenters. The number of aliphatic carboxylic acids is 1. The molecule has 2 atom stereocenters. The summed E-state index contributed by atoms with van der Waals surface area (Å²) in [5, 5.41) is 18.3. The molecule has 1 saturated heterocycles. The Morgan fingerprint density at radius 3 is 2.89 bits per heavy atom. The van der Waals surface area contributed by atoms with Gasteiger partial charge >= 0.3 is 5.97 Å². The van der Waals surface area contributed by atoms with Crippen molar-refractivity contribution in [1.29, 1.82) is 0 Å². The van der Waals surface area contributed by atoms with Crippen LogP contribution in [0.5, 0.6) is 0 Å². The molecule has 1 aliphatic heterocycles. The average molecular weight is 525 g/mol. The number of benzene rings is 2. The summed E-state index contributed by atoms with van der Waals surface area (Å²) in [6.45, 7) is 2.93. The van der Waals surface area contributed by atoms with E-state index in [0.29, 0.717) is 43.7 Å². The van der Waals surface area contributed by atoms with Gasteiger partial charge in [0.1, 0.15) is 11.6 Å². The van der Waals surface area contributed by atoms with Gasteiger partial charge in [0.2, 0.25) is 0 Å². The van der Waals surface area contributed by atoms with Crippen molar-refractivity contribution in [3.05, 3.63) is 82.2 Å². The van der Waals surface area contributed by atoms with Gasteiger partial charge in [0.25, 0.3) is 0 Å². The largest absolute Gasteiger partial charge is 0.481 e. The number of thiazole rings is 1. The third kappa shape index (κ3) is 4.93. The van der Waals surface area contributed by atoms with Crippen LogP contribution in [0, 0.1) is 11.2 Å². The van der Waals surface area contributed by atoms with Crippen molar-refractivity contribution in [3.63, 3.8) is 0 Å². The van der Waals surface area contributed by atoms with E-state index < -0.39 is 17.2 Å². The molecule has 36 heavy (non-hydrogen) atoms. The van der Waals surface area contributed by atoms with Crippen LogP contribution in [0.4, 0.5) is 15.3 Å². The number of carbonyl (C=O) groups is 1. The van der Waals surface area contributed by atoms with Crippen LogP contribution in [-0.4, -0.2) is 38.5 Å². The van der Waals surface area contributed by atoms with Crippen LogP contribution in [-0.2, 0) is 17.8 Å². The highest BCUT2D eigenvalue weighted by Gasteiger charge is 2.45. The molecule has 2 aromatic heterocycles. The lowest BCUT2D eigenvalue weighted by molar-refractivity contribution is -0.153. The standard InChI is InChI=1S/C27H26ClFN4O2S/c1-17-14-27(25(34)35,9-11-33(17)16-19-6-4-8-21(28)24(19)29)15-22-20-7-3-2-5-18(20)13-23(31-22)32-26-30-10-12-36-26/h2-8,10,12-13,17H,9,11,14-16H2,1H3,(H,34,35)(H,30,31,32)/t17-,27+/m0/s1. The number of anilines is 2. The highest BCUT2D eigenvalue weighted by atomic mass is 35.5. The number of hydrogen-bond donors (Lipinski definition) is 2. The van der Waals surface area contributed by atoms with E-state index in [9.17, 15) is 14.3 Å². The van der Waals surface area contributed by atoms with E-state index in [1.807, 2.05) is 42.6 Å². The average Bonchev–Trinajstić information content (AvgIpc) is 3.36. The predicted octanol–water partition coefficient (Wildman–Crippen LogP) is 6.53. The van der Waals surface area contributed by atoms with Crippen LogP contribution in [0.1, 0.15) is 31.0 Å². The van der Waals surface area contributed by atoms with Crippen LogP contribution in [0.15, 0.2) is 60.1 Å². The summed E-state index contributed by atoms with van der Waals surface area (Å²) in [7, 11) is 0. The SMILES string of the molecule is C[C@H]1C[C@](Cc2nc(Nc3nccs3)cc3ccccc23)(C(=O)O)CCN1Cc1cccc(Cl)c1F. The molecular weight excluding hydrogens is 499 g/mol. The second-order valence-electron chi connectivity index (χ2n) is 9.39. The first kappa shape index (κ1) is 24.6. The zero-order valence-electron chi connectivity index (χ0n) is 19.7. The van der Waals surface area contributed by atoms with Crippen molar-refractivity contribution in [2.24, 2.45) is 5.41 Å². The Hall–Kier alpha value is -3.07. The smallest absolute Gasteiger partial charge is 0.310 e. The van der Waals surface area contributed by atoms with Gasteiger partial charge in [0, 0.05) is 41.5 Å². The summed E-state index contributed by atoms with van der Waals surface area (Å²) in [6, 6.07) is 14.8. The molecule has 9 heteroatoms. The molecule has 2 aromatic carbocycles. The number of nitrogens with one attached hydrogen (secondary N) is 1. The molecule has 6 nitrogen and oxygen atoms in total. The number of pyridine rings is 1. The first-order valence-electron chi connectivity index (χ1n) is 11.8. The Labute approximate surface area is 217 Å². The summed E-state index contributed by atoms with van der Waals surface area (Å²) < 4.78 is 14.5. The van der Waals surface area contributed by atoms with Crippen LogP contribution in [0.2, 0.25) is 5.02 Å². The normalized spacial score (nSPS) is 20.5. The number of carboxylic acids is 1. The molecule has 0 aliphatic carbocycles. The van der Waals surface area contributed by atoms with Gasteiger partial charge in [-0.2, -0.15) is 0 Å². The Bertz CT molecular complexity index is 1400. The second-order valence-corrected chi connectivity index (χ2v) is 10.7. The van der Waals surface area contributed by atoms with Gasteiger partial charge in [-0.05, 0) is 43.8 Å². The van der Waals surface area contributed by atoms with E-state index in [4.69, 9.17) is 16.6 Å². The number of halogens is 2. The fraction of sp³-hybridized carbons (Fsp3) is 0.296. The Morgan fingerprint density at radius 2 is 2.14 bits per heavy atom. The minimum Gasteiger partial charge on any atom is -0.481 e. The predicted molar refractivity (Wildman–Crippen MR) is 141 cm³/mol. The minimum absolute atomic E-state index is 0.0591. The van der Waals surface area contributed by atoms with Crippen molar-refractivity contribution >= 4 is 50.6 Å². The summed E-state index contributed by atoms with van der Waals surface area (Å²) >= 11 is 7.44. The first-order chi connectivity index (χ1) is 17.3. The third-order valence-corrected chi connectivity index (χ3v) is 8.02. The van der Waals surface area contributed by atoms with E-state index in [-0.39, 0.29) is 11.1 Å². The van der Waals surface area contributed by atoms with Crippen LogP contribution in [0.25, 0.3) is 10.8 Å². The number of rotatable bonds is 7. The number of likely N-dealkylation sites (tertiary alicyclic amines) is 1. The van der Waals surface area contributed by atoms with Crippen LogP contribution < -0.4 is 5.32 Å². The molecule has 0 amide bonds. The number of nitrogens with zero attached hydrogens (tertiary/aromatic N) is 3. The lowest BCUT2D eigenvalue weighted by Gasteiger charge is -2.43. The summed E-state index contributed by atoms with van der Waals surface area (Å²) in [5.74, 6) is -0.602. The first-order valence-corrected chi connectivity index (χ1v) is 13.1. The Morgan fingerprint density at radius 1 is 1.31 bits per heavy atom. The topological polar surface area (TPSA) is 78.3 Å². The minimum atomic E-state index is -0.974. The molecule has 1 fully saturated rings. The summed E-state index contributed by atoms with van der Waals surface area (Å²) in [6.07, 6.45) is 2.90. The van der Waals surface area contributed by atoms with E-state index >= 15 is 0 Å². The molecule has 4 aromatic rings.